The van der Waals surface area contributed by atoms with Crippen molar-refractivity contribution in [3.05, 3.63) is 63.1 Å². The average Bonchev–Trinajstić information content (AvgIpc) is 2.48. The molecule has 1 unspecified atom stereocenters. The Balaban J connectivity index is 2.04. The van der Waals surface area contributed by atoms with E-state index in [-0.39, 0.29) is 6.04 Å². The molecule has 5 heteroatoms. The zero-order valence-corrected chi connectivity index (χ0v) is 15.0. The maximum Gasteiger partial charge on any atom is 0.120 e. The Bertz CT molecular complexity index is 634. The van der Waals surface area contributed by atoms with Gasteiger partial charge in [-0.25, -0.2) is 0 Å². The van der Waals surface area contributed by atoms with Gasteiger partial charge in [-0.3, -0.25) is 0 Å². The summed E-state index contributed by atoms with van der Waals surface area (Å²) in [6, 6.07) is 13.5. The molecule has 0 spiro atoms. The van der Waals surface area contributed by atoms with E-state index >= 15 is 0 Å². The largest absolute Gasteiger partial charge is 0.508 e. The minimum Gasteiger partial charge on any atom is -0.508 e. The molecule has 0 fully saturated rings. The maximum absolute atomic E-state index is 9.88. The second-order valence-electron chi connectivity index (χ2n) is 5.40. The topological polar surface area (TPSA) is 35.5 Å². The van der Waals surface area contributed by atoms with E-state index in [1.54, 1.807) is 6.07 Å². The van der Waals surface area contributed by atoms with Gasteiger partial charge >= 0.3 is 0 Å². The third-order valence-electron chi connectivity index (χ3n) is 3.58. The van der Waals surface area contributed by atoms with E-state index in [2.05, 4.69) is 26.1 Å². The van der Waals surface area contributed by atoms with Crippen LogP contribution in [0.3, 0.4) is 0 Å². The highest BCUT2D eigenvalue weighted by Gasteiger charge is 2.16. The predicted molar refractivity (Wildman–Crippen MR) is 95.4 cm³/mol. The molecule has 118 valence electrons. The second kappa shape index (κ2) is 7.97. The number of phenolic OH excluding ortho intramolecular Hbond substituents is 1. The first-order valence-electron chi connectivity index (χ1n) is 7.08. The van der Waals surface area contributed by atoms with E-state index in [0.717, 1.165) is 27.2 Å². The number of likely N-dealkylation sites (N-methyl/N-ethyl adjacent to an activating group) is 1. The summed E-state index contributed by atoms with van der Waals surface area (Å²) in [6.45, 7) is 1.34. The molecule has 0 aliphatic heterocycles. The fourth-order valence-corrected chi connectivity index (χ4v) is 3.03. The van der Waals surface area contributed by atoms with Crippen molar-refractivity contribution in [1.29, 1.82) is 0 Å². The molecule has 0 radical (unpaired) electrons. The number of phenols is 1. The third-order valence-corrected chi connectivity index (χ3v) is 4.42. The molecule has 0 saturated heterocycles. The van der Waals surface area contributed by atoms with Crippen LogP contribution in [0.2, 0.25) is 5.02 Å². The highest BCUT2D eigenvalue weighted by Crippen LogP contribution is 2.26. The first-order valence-corrected chi connectivity index (χ1v) is 8.25. The quantitative estimate of drug-likeness (QED) is 0.784. The molecule has 2 N–H and O–H groups in total. The minimum absolute atomic E-state index is 0.169. The SMILES string of the molecule is CN(C)C(CNCc1cc(Br)ccc1O)c1ccccc1Cl. The number of hydrogen-bond acceptors (Lipinski definition) is 3. The molecule has 1 atom stereocenters. The van der Waals surface area contributed by atoms with E-state index in [1.807, 2.05) is 50.5 Å². The summed E-state index contributed by atoms with van der Waals surface area (Å²) in [7, 11) is 4.07. The van der Waals surface area contributed by atoms with Crippen LogP contribution in [0.15, 0.2) is 46.9 Å². The fraction of sp³-hybridized carbons (Fsp3) is 0.294. The Morgan fingerprint density at radius 3 is 2.64 bits per heavy atom. The van der Waals surface area contributed by atoms with Crippen molar-refractivity contribution < 1.29 is 5.11 Å². The first-order chi connectivity index (χ1) is 10.5. The molecule has 2 aromatic carbocycles. The Labute approximate surface area is 145 Å². The molecule has 22 heavy (non-hydrogen) atoms. The van der Waals surface area contributed by atoms with Crippen LogP contribution in [0.25, 0.3) is 0 Å². The summed E-state index contributed by atoms with van der Waals surface area (Å²) in [5, 5.41) is 14.0. The maximum atomic E-state index is 9.88. The lowest BCUT2D eigenvalue weighted by Gasteiger charge is -2.26. The van der Waals surface area contributed by atoms with Gasteiger partial charge in [-0.1, -0.05) is 45.7 Å². The number of aromatic hydroxyl groups is 1. The molecule has 0 aromatic heterocycles. The first kappa shape index (κ1) is 17.3. The molecular formula is C17H20BrClN2O. The zero-order chi connectivity index (χ0) is 16.1. The van der Waals surface area contributed by atoms with Crippen LogP contribution in [0.4, 0.5) is 0 Å². The number of nitrogens with one attached hydrogen (secondary N) is 1. The fourth-order valence-electron chi connectivity index (χ4n) is 2.36. The van der Waals surface area contributed by atoms with E-state index in [9.17, 15) is 5.11 Å². The van der Waals surface area contributed by atoms with Crippen LogP contribution < -0.4 is 5.32 Å². The molecule has 0 bridgehead atoms. The zero-order valence-electron chi connectivity index (χ0n) is 12.7. The Morgan fingerprint density at radius 1 is 1.23 bits per heavy atom. The lowest BCUT2D eigenvalue weighted by Crippen LogP contribution is -2.31. The van der Waals surface area contributed by atoms with E-state index in [0.29, 0.717) is 12.3 Å². The molecule has 2 aromatic rings. The smallest absolute Gasteiger partial charge is 0.120 e. The summed E-state index contributed by atoms with van der Waals surface area (Å²) >= 11 is 9.73. The molecule has 3 nitrogen and oxygen atoms in total. The van der Waals surface area contributed by atoms with Crippen LogP contribution in [0, 0.1) is 0 Å². The molecule has 0 saturated carbocycles. The normalized spacial score (nSPS) is 12.6. The number of rotatable bonds is 6. The second-order valence-corrected chi connectivity index (χ2v) is 6.73. The van der Waals surface area contributed by atoms with Crippen LogP contribution in [0.5, 0.6) is 5.75 Å². The van der Waals surface area contributed by atoms with Gasteiger partial charge in [0.25, 0.3) is 0 Å². The van der Waals surface area contributed by atoms with Gasteiger partial charge in [-0.15, -0.1) is 0 Å². The summed E-state index contributed by atoms with van der Waals surface area (Å²) in [5.74, 6) is 0.301. The highest BCUT2D eigenvalue weighted by atomic mass is 79.9. The van der Waals surface area contributed by atoms with Gasteiger partial charge < -0.3 is 15.3 Å². The van der Waals surface area contributed by atoms with Crippen molar-refractivity contribution >= 4 is 27.5 Å². The molecular weight excluding hydrogens is 364 g/mol. The summed E-state index contributed by atoms with van der Waals surface area (Å²) in [6.07, 6.45) is 0. The predicted octanol–water partition coefficient (Wildman–Crippen LogP) is 4.20. The van der Waals surface area contributed by atoms with Crippen molar-refractivity contribution in [2.24, 2.45) is 0 Å². The van der Waals surface area contributed by atoms with E-state index in [4.69, 9.17) is 11.6 Å². The third kappa shape index (κ3) is 4.46. The van der Waals surface area contributed by atoms with Crippen LogP contribution in [-0.2, 0) is 6.54 Å². The molecule has 0 amide bonds. The number of halogens is 2. The molecule has 0 aliphatic rings. The number of nitrogens with zero attached hydrogens (tertiary/aromatic N) is 1. The van der Waals surface area contributed by atoms with Gasteiger partial charge in [0.1, 0.15) is 5.75 Å². The van der Waals surface area contributed by atoms with Crippen molar-refractivity contribution in [1.82, 2.24) is 10.2 Å². The van der Waals surface area contributed by atoms with Gasteiger partial charge in [0.05, 0.1) is 0 Å². The van der Waals surface area contributed by atoms with Gasteiger partial charge in [-0.2, -0.15) is 0 Å². The highest BCUT2D eigenvalue weighted by molar-refractivity contribution is 9.10. The molecule has 0 aliphatic carbocycles. The standard InChI is InChI=1S/C17H20BrClN2O/c1-21(2)16(14-5-3-4-6-15(14)19)11-20-10-12-9-13(18)7-8-17(12)22/h3-9,16,20,22H,10-11H2,1-2H3. The van der Waals surface area contributed by atoms with Crippen molar-refractivity contribution in [2.45, 2.75) is 12.6 Å². The average molecular weight is 384 g/mol. The van der Waals surface area contributed by atoms with E-state index < -0.39 is 0 Å². The van der Waals surface area contributed by atoms with Crippen LogP contribution in [0.1, 0.15) is 17.2 Å². The minimum atomic E-state index is 0.169. The number of benzene rings is 2. The van der Waals surface area contributed by atoms with Gasteiger partial charge in [0.15, 0.2) is 0 Å². The van der Waals surface area contributed by atoms with Gasteiger partial charge in [0.2, 0.25) is 0 Å². The summed E-state index contributed by atoms with van der Waals surface area (Å²) < 4.78 is 0.956. The summed E-state index contributed by atoms with van der Waals surface area (Å²) in [5.41, 5.74) is 1.96. The van der Waals surface area contributed by atoms with Crippen molar-refractivity contribution in [2.75, 3.05) is 20.6 Å². The van der Waals surface area contributed by atoms with Gasteiger partial charge in [0, 0.05) is 34.2 Å². The van der Waals surface area contributed by atoms with Crippen LogP contribution in [-0.4, -0.2) is 30.6 Å². The Hall–Kier alpha value is -1.07. The lowest BCUT2D eigenvalue weighted by molar-refractivity contribution is 0.288. The Morgan fingerprint density at radius 2 is 1.95 bits per heavy atom. The van der Waals surface area contributed by atoms with Crippen molar-refractivity contribution in [3.8, 4) is 5.75 Å². The lowest BCUT2D eigenvalue weighted by atomic mass is 10.1. The van der Waals surface area contributed by atoms with E-state index in [1.165, 1.54) is 0 Å². The number of hydrogen-bond donors (Lipinski definition) is 2. The monoisotopic (exact) mass is 382 g/mol. The van der Waals surface area contributed by atoms with Crippen LogP contribution >= 0.6 is 27.5 Å². The summed E-state index contributed by atoms with van der Waals surface area (Å²) in [4.78, 5) is 2.13. The molecule has 2 rings (SSSR count). The van der Waals surface area contributed by atoms with Gasteiger partial charge in [-0.05, 0) is 43.9 Å². The Kier molecular flexibility index (Phi) is 6.26. The molecule has 0 heterocycles. The van der Waals surface area contributed by atoms with Crippen molar-refractivity contribution in [3.63, 3.8) is 0 Å².